The van der Waals surface area contributed by atoms with Gasteiger partial charge in [-0.05, 0) is 70.0 Å². The number of amides is 1. The van der Waals surface area contributed by atoms with Crippen LogP contribution in [-0.2, 0) is 10.0 Å². The Morgan fingerprint density at radius 3 is 2.27 bits per heavy atom. The summed E-state index contributed by atoms with van der Waals surface area (Å²) in [6.07, 6.45) is 0. The average Bonchev–Trinajstić information content (AvgIpc) is 2.47. The largest absolute Gasteiger partial charge is 0.321 e. The summed E-state index contributed by atoms with van der Waals surface area (Å²) < 4.78 is 27.6. The lowest BCUT2D eigenvalue weighted by Gasteiger charge is -2.20. The van der Waals surface area contributed by atoms with E-state index in [0.717, 1.165) is 5.56 Å². The number of hydrogen-bond acceptors (Lipinski definition) is 3. The van der Waals surface area contributed by atoms with Gasteiger partial charge in [0.05, 0.1) is 15.6 Å². The van der Waals surface area contributed by atoms with Crippen molar-refractivity contribution in [3.8, 4) is 0 Å². The van der Waals surface area contributed by atoms with Crippen LogP contribution in [-0.4, -0.2) is 19.9 Å². The molecule has 0 heterocycles. The second-order valence-corrected chi connectivity index (χ2v) is 9.36. The van der Waals surface area contributed by atoms with E-state index in [2.05, 4.69) is 10.0 Å². The number of benzene rings is 2. The molecule has 0 saturated heterocycles. The van der Waals surface area contributed by atoms with Crippen molar-refractivity contribution in [2.75, 3.05) is 5.32 Å². The quantitative estimate of drug-likeness (QED) is 0.812. The van der Waals surface area contributed by atoms with Crippen LogP contribution in [0.4, 0.5) is 5.69 Å². The highest BCUT2D eigenvalue weighted by atomic mass is 35.5. The topological polar surface area (TPSA) is 75.3 Å². The lowest BCUT2D eigenvalue weighted by Crippen LogP contribution is -2.40. The van der Waals surface area contributed by atoms with Crippen molar-refractivity contribution < 1.29 is 13.2 Å². The summed E-state index contributed by atoms with van der Waals surface area (Å²) in [7, 11) is -3.73. The molecule has 140 valence electrons. The van der Waals surface area contributed by atoms with Crippen LogP contribution in [0.2, 0.25) is 5.02 Å². The average molecular weight is 395 g/mol. The minimum Gasteiger partial charge on any atom is -0.321 e. The Labute approximate surface area is 159 Å². The number of carbonyl (C=O) groups is 1. The molecule has 2 aromatic carbocycles. The van der Waals surface area contributed by atoms with Gasteiger partial charge in [-0.25, -0.2) is 13.1 Å². The number of anilines is 1. The number of nitrogens with one attached hydrogen (secondary N) is 2. The third kappa shape index (κ3) is 5.06. The molecule has 5 nitrogen and oxygen atoms in total. The van der Waals surface area contributed by atoms with E-state index >= 15 is 0 Å². The monoisotopic (exact) mass is 394 g/mol. The molecule has 0 aliphatic carbocycles. The van der Waals surface area contributed by atoms with Crippen molar-refractivity contribution in [3.63, 3.8) is 0 Å². The van der Waals surface area contributed by atoms with E-state index in [0.29, 0.717) is 16.3 Å². The summed E-state index contributed by atoms with van der Waals surface area (Å²) in [4.78, 5) is 12.7. The fourth-order valence-corrected chi connectivity index (χ4v) is 4.11. The molecule has 2 aromatic rings. The number of rotatable bonds is 4. The standard InChI is InChI=1S/C19H23ClN2O3S/c1-12-6-9-17(16(20)10-12)21-18(23)15-11-14(8-7-13(15)2)26(24,25)22-19(3,4)5/h6-11,22H,1-5H3,(H,21,23). The van der Waals surface area contributed by atoms with Crippen molar-refractivity contribution in [3.05, 3.63) is 58.1 Å². The molecule has 0 spiro atoms. The summed E-state index contributed by atoms with van der Waals surface area (Å²) in [5.41, 5.74) is 1.77. The zero-order valence-electron chi connectivity index (χ0n) is 15.5. The first-order valence-electron chi connectivity index (χ1n) is 8.11. The van der Waals surface area contributed by atoms with E-state index in [1.807, 2.05) is 13.0 Å². The Morgan fingerprint density at radius 2 is 1.69 bits per heavy atom. The number of aryl methyl sites for hydroxylation is 2. The third-order valence-electron chi connectivity index (χ3n) is 3.58. The van der Waals surface area contributed by atoms with Crippen molar-refractivity contribution in [1.29, 1.82) is 0 Å². The zero-order chi connectivity index (χ0) is 19.7. The molecule has 0 aromatic heterocycles. The van der Waals surface area contributed by atoms with Gasteiger partial charge in [-0.2, -0.15) is 0 Å². The van der Waals surface area contributed by atoms with E-state index in [1.165, 1.54) is 12.1 Å². The Bertz CT molecular complexity index is 948. The van der Waals surface area contributed by atoms with Crippen LogP contribution in [0.15, 0.2) is 41.3 Å². The SMILES string of the molecule is Cc1ccc(NC(=O)c2cc(S(=O)(=O)NC(C)(C)C)ccc2C)c(Cl)c1. The summed E-state index contributed by atoms with van der Waals surface area (Å²) >= 11 is 6.16. The Morgan fingerprint density at radius 1 is 1.04 bits per heavy atom. The zero-order valence-corrected chi connectivity index (χ0v) is 17.0. The lowest BCUT2D eigenvalue weighted by atomic mass is 10.1. The first kappa shape index (κ1) is 20.4. The first-order chi connectivity index (χ1) is 11.9. The van der Waals surface area contributed by atoms with Crippen LogP contribution in [0, 0.1) is 13.8 Å². The smallest absolute Gasteiger partial charge is 0.256 e. The van der Waals surface area contributed by atoms with E-state index in [4.69, 9.17) is 11.6 Å². The molecule has 2 rings (SSSR count). The van der Waals surface area contributed by atoms with E-state index in [-0.39, 0.29) is 10.5 Å². The van der Waals surface area contributed by atoms with Gasteiger partial charge in [0.1, 0.15) is 0 Å². The number of sulfonamides is 1. The van der Waals surface area contributed by atoms with E-state index in [9.17, 15) is 13.2 Å². The molecule has 1 amide bonds. The molecule has 0 fully saturated rings. The third-order valence-corrected chi connectivity index (χ3v) is 5.65. The normalized spacial score (nSPS) is 12.1. The van der Waals surface area contributed by atoms with Crippen molar-refractivity contribution in [2.24, 2.45) is 0 Å². The fourth-order valence-electron chi connectivity index (χ4n) is 2.39. The maximum absolute atomic E-state index is 12.7. The second kappa shape index (κ2) is 7.39. The summed E-state index contributed by atoms with van der Waals surface area (Å²) in [5.74, 6) is -0.416. The molecule has 0 saturated carbocycles. The Hall–Kier alpha value is -1.89. The molecular weight excluding hydrogens is 372 g/mol. The summed E-state index contributed by atoms with van der Waals surface area (Å²) in [6.45, 7) is 8.92. The fraction of sp³-hybridized carbons (Fsp3) is 0.316. The number of halogens is 1. The van der Waals surface area contributed by atoms with Crippen molar-refractivity contribution >= 4 is 33.2 Å². The first-order valence-corrected chi connectivity index (χ1v) is 9.97. The Balaban J connectivity index is 2.36. The van der Waals surface area contributed by atoms with Crippen LogP contribution < -0.4 is 10.0 Å². The molecule has 26 heavy (non-hydrogen) atoms. The van der Waals surface area contributed by atoms with Gasteiger partial charge in [-0.3, -0.25) is 4.79 Å². The minimum atomic E-state index is -3.73. The molecule has 2 N–H and O–H groups in total. The van der Waals surface area contributed by atoms with Gasteiger partial charge in [-0.1, -0.05) is 23.7 Å². The van der Waals surface area contributed by atoms with Gasteiger partial charge in [0.2, 0.25) is 10.0 Å². The molecule has 0 atom stereocenters. The minimum absolute atomic E-state index is 0.0400. The van der Waals surface area contributed by atoms with Gasteiger partial charge in [-0.15, -0.1) is 0 Å². The van der Waals surface area contributed by atoms with Crippen LogP contribution in [0.3, 0.4) is 0 Å². The highest BCUT2D eigenvalue weighted by Gasteiger charge is 2.23. The van der Waals surface area contributed by atoms with Gasteiger partial charge < -0.3 is 5.32 Å². The molecule has 0 aliphatic rings. The predicted molar refractivity (Wildman–Crippen MR) is 105 cm³/mol. The van der Waals surface area contributed by atoms with Gasteiger partial charge in [0, 0.05) is 11.1 Å². The summed E-state index contributed by atoms with van der Waals surface area (Å²) in [5, 5.41) is 3.16. The molecule has 0 unspecified atom stereocenters. The molecule has 0 bridgehead atoms. The number of carbonyl (C=O) groups excluding carboxylic acids is 1. The van der Waals surface area contributed by atoms with Crippen molar-refractivity contribution in [1.82, 2.24) is 4.72 Å². The van der Waals surface area contributed by atoms with Crippen LogP contribution in [0.25, 0.3) is 0 Å². The van der Waals surface area contributed by atoms with E-state index in [1.54, 1.807) is 45.9 Å². The molecule has 0 radical (unpaired) electrons. The number of hydrogen-bond donors (Lipinski definition) is 2. The van der Waals surface area contributed by atoms with E-state index < -0.39 is 21.5 Å². The Kier molecular flexibility index (Phi) is 5.80. The molecule has 7 heteroatoms. The van der Waals surface area contributed by atoms with Gasteiger partial charge in [0.15, 0.2) is 0 Å². The van der Waals surface area contributed by atoms with Gasteiger partial charge >= 0.3 is 0 Å². The maximum atomic E-state index is 12.7. The van der Waals surface area contributed by atoms with Gasteiger partial charge in [0.25, 0.3) is 5.91 Å². The summed E-state index contributed by atoms with van der Waals surface area (Å²) in [6, 6.07) is 9.77. The lowest BCUT2D eigenvalue weighted by molar-refractivity contribution is 0.102. The van der Waals surface area contributed by atoms with Crippen LogP contribution in [0.5, 0.6) is 0 Å². The van der Waals surface area contributed by atoms with Crippen LogP contribution >= 0.6 is 11.6 Å². The highest BCUT2D eigenvalue weighted by Crippen LogP contribution is 2.24. The predicted octanol–water partition coefficient (Wildman–Crippen LogP) is 4.29. The molecular formula is C19H23ClN2O3S. The second-order valence-electron chi connectivity index (χ2n) is 7.27. The maximum Gasteiger partial charge on any atom is 0.256 e. The molecule has 0 aliphatic heterocycles. The van der Waals surface area contributed by atoms with Crippen molar-refractivity contribution in [2.45, 2.75) is 45.1 Å². The van der Waals surface area contributed by atoms with Crippen LogP contribution in [0.1, 0.15) is 42.3 Å². The highest BCUT2D eigenvalue weighted by molar-refractivity contribution is 7.89.